The number of ether oxygens (including phenoxy) is 1. The molecule has 3 nitrogen and oxygen atoms in total. The van der Waals surface area contributed by atoms with Crippen LogP contribution in [0, 0.1) is 6.92 Å². The molecule has 2 heterocycles. The summed E-state index contributed by atoms with van der Waals surface area (Å²) in [5, 5.41) is 4.23. The van der Waals surface area contributed by atoms with Crippen LogP contribution in [-0.4, -0.2) is 17.1 Å². The fourth-order valence-electron chi connectivity index (χ4n) is 3.63. The molecule has 4 rings (SSSR count). The molecule has 2 aromatic carbocycles. The fourth-order valence-corrected chi connectivity index (χ4v) is 4.53. The smallest absolute Gasteiger partial charge is 0.188 e. The number of hydrogen-bond donors (Lipinski definition) is 1. The van der Waals surface area contributed by atoms with Crippen molar-refractivity contribution in [3.05, 3.63) is 53.6 Å². The van der Waals surface area contributed by atoms with Gasteiger partial charge in [0.1, 0.15) is 5.75 Å². The van der Waals surface area contributed by atoms with E-state index >= 15 is 0 Å². The van der Waals surface area contributed by atoms with Gasteiger partial charge in [0.2, 0.25) is 0 Å². The average Bonchev–Trinajstić information content (AvgIpc) is 2.55. The highest BCUT2D eigenvalue weighted by Gasteiger charge is 2.48. The minimum absolute atomic E-state index is 0.200. The lowest BCUT2D eigenvalue weighted by molar-refractivity contribution is 0.0497. The van der Waals surface area contributed by atoms with Crippen molar-refractivity contribution in [1.29, 1.82) is 0 Å². The maximum Gasteiger partial charge on any atom is 0.188 e. The molecule has 0 unspecified atom stereocenters. The first kappa shape index (κ1) is 15.8. The average molecular weight is 357 g/mol. The molecule has 0 radical (unpaired) electrons. The van der Waals surface area contributed by atoms with Crippen molar-refractivity contribution >= 4 is 34.8 Å². The monoisotopic (exact) mass is 356 g/mol. The van der Waals surface area contributed by atoms with E-state index in [4.69, 9.17) is 17.0 Å². The van der Waals surface area contributed by atoms with Crippen LogP contribution in [0.1, 0.15) is 30.5 Å². The van der Waals surface area contributed by atoms with E-state index in [-0.39, 0.29) is 6.04 Å². The lowest BCUT2D eigenvalue weighted by Gasteiger charge is -2.52. The Bertz CT molecular complexity index is 823. The molecule has 1 N–H and O–H groups in total. The van der Waals surface area contributed by atoms with E-state index in [0.717, 1.165) is 23.0 Å². The molecule has 0 saturated carbocycles. The van der Waals surface area contributed by atoms with Gasteiger partial charge in [-0.15, -0.1) is 11.8 Å². The number of nitrogens with one attached hydrogen (secondary N) is 1. The van der Waals surface area contributed by atoms with Crippen LogP contribution in [0.25, 0.3) is 0 Å². The van der Waals surface area contributed by atoms with Crippen LogP contribution in [0.4, 0.5) is 5.69 Å². The van der Waals surface area contributed by atoms with Gasteiger partial charge in [-0.3, -0.25) is 4.90 Å². The van der Waals surface area contributed by atoms with Crippen LogP contribution in [0.2, 0.25) is 0 Å². The summed E-state index contributed by atoms with van der Waals surface area (Å²) in [6.45, 7) is 4.23. The normalized spacial score (nSPS) is 24.9. The summed E-state index contributed by atoms with van der Waals surface area (Å²) in [6.07, 6.45) is 2.94. The van der Waals surface area contributed by atoms with Crippen LogP contribution in [0.15, 0.2) is 47.4 Å². The molecular weight excluding hydrogens is 336 g/mol. The van der Waals surface area contributed by atoms with Crippen molar-refractivity contribution < 1.29 is 4.74 Å². The van der Waals surface area contributed by atoms with E-state index in [1.165, 1.54) is 16.0 Å². The highest BCUT2D eigenvalue weighted by atomic mass is 32.2. The van der Waals surface area contributed by atoms with Crippen molar-refractivity contribution in [1.82, 2.24) is 5.32 Å². The molecule has 2 atom stereocenters. The van der Waals surface area contributed by atoms with Gasteiger partial charge in [0.05, 0.1) is 6.04 Å². The molecule has 124 valence electrons. The van der Waals surface area contributed by atoms with E-state index in [2.05, 4.69) is 72.8 Å². The van der Waals surface area contributed by atoms with Gasteiger partial charge in [-0.1, -0.05) is 23.8 Å². The summed E-state index contributed by atoms with van der Waals surface area (Å²) in [7, 11) is 0. The van der Waals surface area contributed by atoms with Gasteiger partial charge in [0.25, 0.3) is 0 Å². The number of thioether (sulfide) groups is 1. The van der Waals surface area contributed by atoms with E-state index < -0.39 is 5.72 Å². The Balaban J connectivity index is 1.79. The van der Waals surface area contributed by atoms with Gasteiger partial charge in [-0.2, -0.15) is 0 Å². The number of rotatable bonds is 2. The Hall–Kier alpha value is -1.72. The highest BCUT2D eigenvalue weighted by Crippen LogP contribution is 2.46. The zero-order valence-electron chi connectivity index (χ0n) is 14.0. The topological polar surface area (TPSA) is 24.5 Å². The first-order valence-electron chi connectivity index (χ1n) is 8.04. The molecule has 1 fully saturated rings. The Kier molecular flexibility index (Phi) is 3.73. The van der Waals surface area contributed by atoms with Gasteiger partial charge in [-0.25, -0.2) is 0 Å². The van der Waals surface area contributed by atoms with E-state index in [1.807, 2.05) is 0 Å². The zero-order chi connectivity index (χ0) is 16.9. The first-order valence-corrected chi connectivity index (χ1v) is 9.68. The Morgan fingerprint density at radius 1 is 1.29 bits per heavy atom. The summed E-state index contributed by atoms with van der Waals surface area (Å²) in [5.41, 5.74) is 3.03. The van der Waals surface area contributed by atoms with Crippen LogP contribution in [0.5, 0.6) is 5.75 Å². The lowest BCUT2D eigenvalue weighted by atomic mass is 9.89. The Labute approximate surface area is 152 Å². The van der Waals surface area contributed by atoms with Crippen molar-refractivity contribution in [2.45, 2.75) is 36.9 Å². The van der Waals surface area contributed by atoms with Gasteiger partial charge >= 0.3 is 0 Å². The minimum atomic E-state index is -0.480. The number of nitrogens with zero attached hydrogens (tertiary/aromatic N) is 1. The minimum Gasteiger partial charge on any atom is -0.467 e. The molecule has 2 aliphatic heterocycles. The lowest BCUT2D eigenvalue weighted by Crippen LogP contribution is -2.65. The maximum atomic E-state index is 6.45. The fraction of sp³-hybridized carbons (Fsp3) is 0.316. The molecular formula is C19H20N2OS2. The summed E-state index contributed by atoms with van der Waals surface area (Å²) < 4.78 is 6.45. The predicted molar refractivity (Wildman–Crippen MR) is 104 cm³/mol. The number of hydrogen-bond acceptors (Lipinski definition) is 3. The standard InChI is InChI=1S/C19H20N2OS2/c1-12-7-8-17-15(9-12)16-11-19(2,22-17)21(18(23)20-16)13-5-4-6-14(10-13)24-3/h4-10,16H,11H2,1-3H3,(H,20,23)/t16-,19+/m0/s1. The number of aryl methyl sites for hydroxylation is 1. The van der Waals surface area contributed by atoms with Crippen LogP contribution in [-0.2, 0) is 0 Å². The quantitative estimate of drug-likeness (QED) is 0.624. The van der Waals surface area contributed by atoms with Crippen molar-refractivity contribution in [3.8, 4) is 5.75 Å². The third-order valence-electron chi connectivity index (χ3n) is 4.74. The highest BCUT2D eigenvalue weighted by molar-refractivity contribution is 7.98. The number of benzene rings is 2. The molecule has 2 bridgehead atoms. The second-order valence-electron chi connectivity index (χ2n) is 6.56. The number of fused-ring (bicyclic) bond motifs is 4. The second-order valence-corrected chi connectivity index (χ2v) is 7.83. The van der Waals surface area contributed by atoms with Crippen LogP contribution >= 0.6 is 24.0 Å². The second kappa shape index (κ2) is 5.67. The van der Waals surface area contributed by atoms with Crippen molar-refractivity contribution in [2.24, 2.45) is 0 Å². The Morgan fingerprint density at radius 2 is 2.12 bits per heavy atom. The first-order chi connectivity index (χ1) is 11.5. The molecule has 0 amide bonds. The molecule has 5 heteroatoms. The third-order valence-corrected chi connectivity index (χ3v) is 5.76. The number of anilines is 1. The maximum absolute atomic E-state index is 6.45. The van der Waals surface area contributed by atoms with E-state index in [1.54, 1.807) is 11.8 Å². The summed E-state index contributed by atoms with van der Waals surface area (Å²) in [6, 6.07) is 15.0. The number of thiocarbonyl (C=S) groups is 1. The molecule has 24 heavy (non-hydrogen) atoms. The van der Waals surface area contributed by atoms with Crippen LogP contribution < -0.4 is 15.0 Å². The van der Waals surface area contributed by atoms with Gasteiger partial charge in [-0.05, 0) is 56.6 Å². The van der Waals surface area contributed by atoms with Crippen molar-refractivity contribution in [3.63, 3.8) is 0 Å². The summed E-state index contributed by atoms with van der Waals surface area (Å²) in [5.74, 6) is 0.945. The molecule has 2 aromatic rings. The van der Waals surface area contributed by atoms with E-state index in [0.29, 0.717) is 0 Å². The van der Waals surface area contributed by atoms with Gasteiger partial charge in [0.15, 0.2) is 10.8 Å². The Morgan fingerprint density at radius 3 is 2.92 bits per heavy atom. The molecule has 0 aromatic heterocycles. The third kappa shape index (κ3) is 2.47. The SMILES string of the molecule is CSc1cccc(N2C(=S)N[C@H]3C[C@@]2(C)Oc2ccc(C)cc23)c1. The largest absolute Gasteiger partial charge is 0.467 e. The van der Waals surface area contributed by atoms with Crippen molar-refractivity contribution in [2.75, 3.05) is 11.2 Å². The van der Waals surface area contributed by atoms with Crippen LogP contribution in [0.3, 0.4) is 0 Å². The molecule has 2 aliphatic rings. The summed E-state index contributed by atoms with van der Waals surface area (Å²) >= 11 is 7.43. The summed E-state index contributed by atoms with van der Waals surface area (Å²) in [4.78, 5) is 3.33. The molecule has 0 aliphatic carbocycles. The van der Waals surface area contributed by atoms with E-state index in [9.17, 15) is 0 Å². The molecule has 1 saturated heterocycles. The molecule has 0 spiro atoms. The van der Waals surface area contributed by atoms with Gasteiger partial charge in [0, 0.05) is 22.6 Å². The zero-order valence-corrected chi connectivity index (χ0v) is 15.6. The van der Waals surface area contributed by atoms with Gasteiger partial charge < -0.3 is 10.1 Å². The predicted octanol–water partition coefficient (Wildman–Crippen LogP) is 4.65.